The highest BCUT2D eigenvalue weighted by molar-refractivity contribution is 5.75. The second kappa shape index (κ2) is 17.9. The molecule has 2 aliphatic rings. The fraction of sp³-hybridized carbons (Fsp3) is 0.459. The Morgan fingerprint density at radius 1 is 0.857 bits per heavy atom. The average molecular weight is 674 g/mol. The first kappa shape index (κ1) is 35.9. The number of aliphatic hydroxyl groups is 1. The quantitative estimate of drug-likeness (QED) is 0.118. The number of rotatable bonds is 15. The number of nitro groups is 1. The van der Waals surface area contributed by atoms with E-state index >= 15 is 0 Å². The molecule has 12 nitrogen and oxygen atoms in total. The van der Waals surface area contributed by atoms with Crippen LogP contribution in [0.4, 0.5) is 11.4 Å². The van der Waals surface area contributed by atoms with Crippen molar-refractivity contribution in [3.63, 3.8) is 0 Å². The molecule has 3 N–H and O–H groups in total. The summed E-state index contributed by atoms with van der Waals surface area (Å²) in [6, 6.07) is 22.5. The SMILES string of the molecule is CC(=O)NCCCCCC(=O)NCc1ccc(C2OC(CN3CCN(c4ccc([N+](=O)[O-])cc4)CC3)CC(c3ccc(CO)cc3)O2)cc1. The summed E-state index contributed by atoms with van der Waals surface area (Å²) in [7, 11) is 0. The van der Waals surface area contributed by atoms with Gasteiger partial charge >= 0.3 is 0 Å². The maximum atomic E-state index is 12.3. The van der Waals surface area contributed by atoms with Crippen LogP contribution in [0.1, 0.15) is 73.7 Å². The van der Waals surface area contributed by atoms with Gasteiger partial charge in [-0.25, -0.2) is 0 Å². The molecule has 3 atom stereocenters. The minimum Gasteiger partial charge on any atom is -0.392 e. The second-order valence-electron chi connectivity index (χ2n) is 12.7. The van der Waals surface area contributed by atoms with Gasteiger partial charge < -0.3 is 30.1 Å². The van der Waals surface area contributed by atoms with E-state index in [2.05, 4.69) is 20.4 Å². The van der Waals surface area contributed by atoms with Gasteiger partial charge in [0.2, 0.25) is 11.8 Å². The molecule has 3 aromatic rings. The lowest BCUT2D eigenvalue weighted by atomic mass is 9.99. The van der Waals surface area contributed by atoms with E-state index in [0.29, 0.717) is 25.9 Å². The Hall–Kier alpha value is -4.36. The fourth-order valence-corrected chi connectivity index (χ4v) is 6.23. The number of carbonyl (C=O) groups excluding carboxylic acids is 2. The minimum absolute atomic E-state index is 0.00836. The zero-order valence-corrected chi connectivity index (χ0v) is 28.1. The van der Waals surface area contributed by atoms with Crippen LogP contribution in [0.15, 0.2) is 72.8 Å². The van der Waals surface area contributed by atoms with Gasteiger partial charge in [0.05, 0.1) is 23.7 Å². The Labute approximate surface area is 287 Å². The van der Waals surface area contributed by atoms with Crippen LogP contribution in [0.25, 0.3) is 0 Å². The molecule has 3 aromatic carbocycles. The number of unbranched alkanes of at least 4 members (excludes halogenated alkanes) is 2. The topological polar surface area (TPSA) is 147 Å². The zero-order chi connectivity index (χ0) is 34.6. The molecule has 2 heterocycles. The van der Waals surface area contributed by atoms with Crippen molar-refractivity contribution in [1.82, 2.24) is 15.5 Å². The maximum Gasteiger partial charge on any atom is 0.269 e. The molecule has 262 valence electrons. The Morgan fingerprint density at radius 3 is 2.18 bits per heavy atom. The number of nitrogens with zero attached hydrogens (tertiary/aromatic N) is 3. The number of piperazine rings is 1. The zero-order valence-electron chi connectivity index (χ0n) is 28.1. The first-order chi connectivity index (χ1) is 23.8. The number of hydrogen-bond acceptors (Lipinski definition) is 9. The summed E-state index contributed by atoms with van der Waals surface area (Å²) in [4.78, 5) is 38.6. The Kier molecular flexibility index (Phi) is 13.1. The standard InChI is InChI=1S/C37H47N5O7/c1-27(44)38-18-4-2-3-5-36(45)39-24-28-6-12-31(13-7-28)37-48-34(23-35(49-37)30-10-8-29(26-43)9-11-30)25-40-19-21-41(22-20-40)32-14-16-33(17-15-32)42(46)47/h6-17,34-35,37,43H,2-5,18-26H2,1H3,(H,38,44)(H,39,45). The van der Waals surface area contributed by atoms with Gasteiger partial charge in [0, 0.05) is 89.0 Å². The first-order valence-corrected chi connectivity index (χ1v) is 17.1. The molecule has 0 bridgehead atoms. The van der Waals surface area contributed by atoms with Crippen LogP contribution in [-0.2, 0) is 32.2 Å². The van der Waals surface area contributed by atoms with Crippen LogP contribution in [0, 0.1) is 10.1 Å². The number of nitro benzene ring substituents is 1. The van der Waals surface area contributed by atoms with E-state index in [4.69, 9.17) is 9.47 Å². The van der Waals surface area contributed by atoms with E-state index in [0.717, 1.165) is 79.9 Å². The normalized spacial score (nSPS) is 19.7. The van der Waals surface area contributed by atoms with Crippen molar-refractivity contribution in [3.05, 3.63) is 105 Å². The molecule has 0 aromatic heterocycles. The number of hydrogen-bond donors (Lipinski definition) is 3. The van der Waals surface area contributed by atoms with Gasteiger partial charge in [-0.1, -0.05) is 55.0 Å². The van der Waals surface area contributed by atoms with Crippen LogP contribution in [-0.4, -0.2) is 72.1 Å². The summed E-state index contributed by atoms with van der Waals surface area (Å²) < 4.78 is 13.1. The summed E-state index contributed by atoms with van der Waals surface area (Å²) >= 11 is 0. The van der Waals surface area contributed by atoms with Crippen molar-refractivity contribution in [3.8, 4) is 0 Å². The summed E-state index contributed by atoms with van der Waals surface area (Å²) in [6.07, 6.45) is 2.83. The highest BCUT2D eigenvalue weighted by atomic mass is 16.7. The van der Waals surface area contributed by atoms with Crippen LogP contribution < -0.4 is 15.5 Å². The average Bonchev–Trinajstić information content (AvgIpc) is 3.12. The third-order valence-electron chi connectivity index (χ3n) is 9.07. The molecule has 0 spiro atoms. The van der Waals surface area contributed by atoms with Gasteiger partial charge in [-0.2, -0.15) is 0 Å². The predicted octanol–water partition coefficient (Wildman–Crippen LogP) is 4.77. The second-order valence-corrected chi connectivity index (χ2v) is 12.7. The lowest BCUT2D eigenvalue weighted by Crippen LogP contribution is -2.49. The molecule has 2 saturated heterocycles. The highest BCUT2D eigenvalue weighted by Crippen LogP contribution is 2.38. The first-order valence-electron chi connectivity index (χ1n) is 17.1. The number of non-ortho nitro benzene ring substituents is 1. The lowest BCUT2D eigenvalue weighted by molar-refractivity contribution is -0.384. The Balaban J connectivity index is 1.16. The molecule has 0 radical (unpaired) electrons. The number of amides is 2. The number of carbonyl (C=O) groups is 2. The molecule has 49 heavy (non-hydrogen) atoms. The number of aliphatic hydroxyl groups excluding tert-OH is 1. The maximum absolute atomic E-state index is 12.3. The number of anilines is 1. The summed E-state index contributed by atoms with van der Waals surface area (Å²) in [5, 5.41) is 26.3. The third kappa shape index (κ3) is 10.8. The summed E-state index contributed by atoms with van der Waals surface area (Å²) in [6.45, 7) is 6.62. The molecule has 2 fully saturated rings. The van der Waals surface area contributed by atoms with Crippen molar-refractivity contribution in [2.24, 2.45) is 0 Å². The van der Waals surface area contributed by atoms with Crippen molar-refractivity contribution in [1.29, 1.82) is 0 Å². The fourth-order valence-electron chi connectivity index (χ4n) is 6.23. The van der Waals surface area contributed by atoms with Gasteiger partial charge in [-0.3, -0.25) is 24.6 Å². The Morgan fingerprint density at radius 2 is 1.53 bits per heavy atom. The molecular weight excluding hydrogens is 626 g/mol. The number of ether oxygens (including phenoxy) is 2. The van der Waals surface area contributed by atoms with E-state index in [9.17, 15) is 24.8 Å². The summed E-state index contributed by atoms with van der Waals surface area (Å²) in [5.74, 6) is -0.0266. The Bertz CT molecular complexity index is 1510. The molecule has 2 aliphatic heterocycles. The summed E-state index contributed by atoms with van der Waals surface area (Å²) in [5.41, 5.74) is 4.84. The van der Waals surface area contributed by atoms with Crippen molar-refractivity contribution in [2.45, 2.75) is 70.7 Å². The van der Waals surface area contributed by atoms with Gasteiger partial charge in [0.15, 0.2) is 6.29 Å². The predicted molar refractivity (Wildman–Crippen MR) is 186 cm³/mol. The monoisotopic (exact) mass is 673 g/mol. The molecule has 0 aliphatic carbocycles. The molecule has 3 unspecified atom stereocenters. The molecule has 2 amide bonds. The van der Waals surface area contributed by atoms with E-state index in [1.54, 1.807) is 12.1 Å². The third-order valence-corrected chi connectivity index (χ3v) is 9.07. The molecule has 0 saturated carbocycles. The van der Waals surface area contributed by atoms with Gasteiger partial charge in [-0.15, -0.1) is 0 Å². The van der Waals surface area contributed by atoms with E-state index < -0.39 is 6.29 Å². The largest absolute Gasteiger partial charge is 0.392 e. The molecule has 5 rings (SSSR count). The van der Waals surface area contributed by atoms with E-state index in [-0.39, 0.29) is 41.2 Å². The minimum atomic E-state index is -0.566. The van der Waals surface area contributed by atoms with Gasteiger partial charge in [-0.05, 0) is 41.7 Å². The van der Waals surface area contributed by atoms with Crippen LogP contribution in [0.2, 0.25) is 0 Å². The van der Waals surface area contributed by atoms with Crippen LogP contribution in [0.3, 0.4) is 0 Å². The van der Waals surface area contributed by atoms with Crippen molar-refractivity contribution in [2.75, 3.05) is 44.2 Å². The van der Waals surface area contributed by atoms with Crippen molar-refractivity contribution < 1.29 is 29.1 Å². The van der Waals surface area contributed by atoms with Crippen LogP contribution >= 0.6 is 0 Å². The van der Waals surface area contributed by atoms with Crippen LogP contribution in [0.5, 0.6) is 0 Å². The highest BCUT2D eigenvalue weighted by Gasteiger charge is 2.34. The van der Waals surface area contributed by atoms with Crippen molar-refractivity contribution >= 4 is 23.2 Å². The lowest BCUT2D eigenvalue weighted by Gasteiger charge is -2.41. The number of benzene rings is 3. The van der Waals surface area contributed by atoms with Gasteiger partial charge in [0.25, 0.3) is 5.69 Å². The molecular formula is C37H47N5O7. The molecule has 12 heteroatoms. The smallest absolute Gasteiger partial charge is 0.269 e. The number of nitrogens with one attached hydrogen (secondary N) is 2. The van der Waals surface area contributed by atoms with E-state index in [1.807, 2.05) is 60.7 Å². The van der Waals surface area contributed by atoms with E-state index in [1.165, 1.54) is 6.92 Å². The van der Waals surface area contributed by atoms with Gasteiger partial charge in [0.1, 0.15) is 0 Å².